The lowest BCUT2D eigenvalue weighted by molar-refractivity contribution is 0.713. The van der Waals surface area contributed by atoms with Crippen molar-refractivity contribution in [2.45, 2.75) is 12.8 Å². The number of halogens is 1. The van der Waals surface area contributed by atoms with E-state index in [0.717, 1.165) is 24.0 Å². The van der Waals surface area contributed by atoms with Gasteiger partial charge in [-0.2, -0.15) is 5.10 Å². The van der Waals surface area contributed by atoms with Gasteiger partial charge in [-0.05, 0) is 48.4 Å². The van der Waals surface area contributed by atoms with E-state index in [1.165, 1.54) is 5.69 Å². The first-order valence-corrected chi connectivity index (χ1v) is 4.46. The molecule has 0 atom stereocenters. The molecule has 1 aromatic rings. The normalized spacial score (nSPS) is 10.4. The molecule has 3 nitrogen and oxygen atoms in total. The molecule has 0 amide bonds. The molecule has 0 unspecified atom stereocenters. The quantitative estimate of drug-likeness (QED) is 0.748. The fraction of sp³-hybridized carbons (Fsp3) is 0.571. The number of hydrogen-bond acceptors (Lipinski definition) is 2. The third-order valence-corrected chi connectivity index (χ3v) is 1.88. The summed E-state index contributed by atoms with van der Waals surface area (Å²) in [5.74, 6) is 0. The van der Waals surface area contributed by atoms with Crippen LogP contribution >= 0.6 is 15.9 Å². The lowest BCUT2D eigenvalue weighted by Crippen LogP contribution is -2.08. The number of aromatic amines is 1. The summed E-state index contributed by atoms with van der Waals surface area (Å²) in [5.41, 5.74) is 1.19. The first-order chi connectivity index (χ1) is 5.33. The van der Waals surface area contributed by atoms with E-state index in [-0.39, 0.29) is 0 Å². The molecular formula is C7H12BrN3. The van der Waals surface area contributed by atoms with Crippen LogP contribution in [0.15, 0.2) is 10.7 Å². The number of aromatic nitrogens is 2. The minimum atomic E-state index is 0.886. The van der Waals surface area contributed by atoms with Crippen LogP contribution in [0.5, 0.6) is 0 Å². The minimum Gasteiger partial charge on any atom is -0.320 e. The van der Waals surface area contributed by atoms with Crippen molar-refractivity contribution in [2.24, 2.45) is 0 Å². The van der Waals surface area contributed by atoms with E-state index in [1.54, 1.807) is 0 Å². The van der Waals surface area contributed by atoms with Crippen molar-refractivity contribution in [1.29, 1.82) is 0 Å². The number of H-pyrrole nitrogens is 1. The minimum absolute atomic E-state index is 0.886. The Morgan fingerprint density at radius 1 is 1.73 bits per heavy atom. The number of hydrogen-bond donors (Lipinski definition) is 2. The van der Waals surface area contributed by atoms with E-state index in [4.69, 9.17) is 0 Å². The van der Waals surface area contributed by atoms with Gasteiger partial charge < -0.3 is 5.32 Å². The van der Waals surface area contributed by atoms with Crippen LogP contribution in [0.1, 0.15) is 12.1 Å². The highest BCUT2D eigenvalue weighted by Gasteiger charge is 1.96. The molecule has 62 valence electrons. The molecule has 0 aliphatic carbocycles. The van der Waals surface area contributed by atoms with E-state index in [2.05, 4.69) is 31.4 Å². The van der Waals surface area contributed by atoms with Gasteiger partial charge in [0.1, 0.15) is 4.60 Å². The smallest absolute Gasteiger partial charge is 0.128 e. The van der Waals surface area contributed by atoms with E-state index in [0.29, 0.717) is 0 Å². The number of rotatable bonds is 4. The number of nitrogens with zero attached hydrogens (tertiary/aromatic N) is 1. The van der Waals surface area contributed by atoms with Crippen molar-refractivity contribution >= 4 is 15.9 Å². The van der Waals surface area contributed by atoms with Gasteiger partial charge in [-0.15, -0.1) is 0 Å². The van der Waals surface area contributed by atoms with Crippen molar-refractivity contribution in [1.82, 2.24) is 15.5 Å². The summed E-state index contributed by atoms with van der Waals surface area (Å²) in [4.78, 5) is 0. The maximum Gasteiger partial charge on any atom is 0.128 e. The highest BCUT2D eigenvalue weighted by molar-refractivity contribution is 9.10. The zero-order valence-electron chi connectivity index (χ0n) is 6.52. The Morgan fingerprint density at radius 3 is 3.09 bits per heavy atom. The first-order valence-electron chi connectivity index (χ1n) is 3.67. The van der Waals surface area contributed by atoms with Crippen molar-refractivity contribution in [3.63, 3.8) is 0 Å². The Kier molecular flexibility index (Phi) is 3.59. The molecule has 4 heteroatoms. The largest absolute Gasteiger partial charge is 0.320 e. The fourth-order valence-corrected chi connectivity index (χ4v) is 1.28. The molecule has 0 aliphatic heterocycles. The standard InChI is InChI=1S/C7H12BrN3/c1-9-4-2-3-6-5-7(8)11-10-6/h5,9H,2-4H2,1H3,(H,10,11). The summed E-state index contributed by atoms with van der Waals surface area (Å²) >= 11 is 3.28. The molecule has 0 saturated heterocycles. The molecule has 2 N–H and O–H groups in total. The van der Waals surface area contributed by atoms with Gasteiger partial charge in [0.15, 0.2) is 0 Å². The van der Waals surface area contributed by atoms with Gasteiger partial charge in [0.25, 0.3) is 0 Å². The van der Waals surface area contributed by atoms with E-state index >= 15 is 0 Å². The van der Waals surface area contributed by atoms with Gasteiger partial charge in [0.2, 0.25) is 0 Å². The zero-order chi connectivity index (χ0) is 8.10. The van der Waals surface area contributed by atoms with Gasteiger partial charge in [0, 0.05) is 5.69 Å². The number of nitrogens with one attached hydrogen (secondary N) is 2. The highest BCUT2D eigenvalue weighted by Crippen LogP contribution is 2.07. The Bertz CT molecular complexity index is 209. The van der Waals surface area contributed by atoms with Gasteiger partial charge in [-0.1, -0.05) is 0 Å². The maximum atomic E-state index is 3.97. The first kappa shape index (κ1) is 8.74. The Labute approximate surface area is 74.7 Å². The molecule has 0 aromatic carbocycles. The lowest BCUT2D eigenvalue weighted by Gasteiger charge is -1.95. The van der Waals surface area contributed by atoms with Crippen LogP contribution in [0.4, 0.5) is 0 Å². The summed E-state index contributed by atoms with van der Waals surface area (Å²) < 4.78 is 0.886. The molecule has 11 heavy (non-hydrogen) atoms. The molecule has 1 rings (SSSR count). The average Bonchev–Trinajstić information content (AvgIpc) is 2.37. The molecular weight excluding hydrogens is 206 g/mol. The second-order valence-corrected chi connectivity index (χ2v) is 3.24. The second-order valence-electron chi connectivity index (χ2n) is 2.42. The Balaban J connectivity index is 2.27. The van der Waals surface area contributed by atoms with Crippen LogP contribution in [-0.2, 0) is 6.42 Å². The highest BCUT2D eigenvalue weighted by atomic mass is 79.9. The topological polar surface area (TPSA) is 40.7 Å². The Hall–Kier alpha value is -0.350. The zero-order valence-corrected chi connectivity index (χ0v) is 8.11. The van der Waals surface area contributed by atoms with Gasteiger partial charge >= 0.3 is 0 Å². The fourth-order valence-electron chi connectivity index (χ4n) is 0.917. The molecule has 0 radical (unpaired) electrons. The summed E-state index contributed by atoms with van der Waals surface area (Å²) in [6.45, 7) is 1.05. The van der Waals surface area contributed by atoms with E-state index < -0.39 is 0 Å². The maximum absolute atomic E-state index is 3.97. The van der Waals surface area contributed by atoms with Gasteiger partial charge in [-0.25, -0.2) is 0 Å². The second kappa shape index (κ2) is 4.51. The van der Waals surface area contributed by atoms with Crippen LogP contribution in [0, 0.1) is 0 Å². The predicted molar refractivity (Wildman–Crippen MR) is 48.5 cm³/mol. The summed E-state index contributed by atoms with van der Waals surface area (Å²) in [5, 5.41) is 10.0. The third-order valence-electron chi connectivity index (χ3n) is 1.47. The average molecular weight is 218 g/mol. The van der Waals surface area contributed by atoms with Crippen molar-refractivity contribution in [2.75, 3.05) is 13.6 Å². The molecule has 0 bridgehead atoms. The van der Waals surface area contributed by atoms with Crippen LogP contribution in [0.3, 0.4) is 0 Å². The predicted octanol–water partition coefficient (Wildman–Crippen LogP) is 1.32. The van der Waals surface area contributed by atoms with E-state index in [9.17, 15) is 0 Å². The molecule has 1 aromatic heterocycles. The molecule has 0 aliphatic rings. The van der Waals surface area contributed by atoms with Crippen LogP contribution in [0.25, 0.3) is 0 Å². The van der Waals surface area contributed by atoms with Crippen molar-refractivity contribution in [3.05, 3.63) is 16.4 Å². The summed E-state index contributed by atoms with van der Waals surface area (Å²) in [6.07, 6.45) is 2.20. The van der Waals surface area contributed by atoms with Crippen LogP contribution < -0.4 is 5.32 Å². The van der Waals surface area contributed by atoms with Gasteiger partial charge in [0.05, 0.1) is 0 Å². The van der Waals surface area contributed by atoms with Crippen LogP contribution in [0.2, 0.25) is 0 Å². The molecule has 0 saturated carbocycles. The number of aryl methyl sites for hydroxylation is 1. The monoisotopic (exact) mass is 217 g/mol. The van der Waals surface area contributed by atoms with Crippen LogP contribution in [-0.4, -0.2) is 23.8 Å². The lowest BCUT2D eigenvalue weighted by atomic mass is 10.2. The molecule has 1 heterocycles. The summed E-state index contributed by atoms with van der Waals surface area (Å²) in [6, 6.07) is 2.01. The third kappa shape index (κ3) is 3.03. The van der Waals surface area contributed by atoms with Crippen molar-refractivity contribution < 1.29 is 0 Å². The Morgan fingerprint density at radius 2 is 2.55 bits per heavy atom. The van der Waals surface area contributed by atoms with Gasteiger partial charge in [-0.3, -0.25) is 5.10 Å². The molecule has 0 fully saturated rings. The van der Waals surface area contributed by atoms with Crippen molar-refractivity contribution in [3.8, 4) is 0 Å². The molecule has 0 spiro atoms. The van der Waals surface area contributed by atoms with E-state index in [1.807, 2.05) is 13.1 Å². The summed E-state index contributed by atoms with van der Waals surface area (Å²) in [7, 11) is 1.96. The SMILES string of the molecule is CNCCCc1cc(Br)n[nH]1.